The second kappa shape index (κ2) is 10.8. The Morgan fingerprint density at radius 2 is 1.75 bits per heavy atom. The van der Waals surface area contributed by atoms with Gasteiger partial charge in [-0.2, -0.15) is 9.78 Å². The molecule has 0 radical (unpaired) electrons. The monoisotopic (exact) mass is 533 g/mol. The number of carbonyl (C=O) groups excluding carboxylic acids is 1. The molecule has 0 bridgehead atoms. The van der Waals surface area contributed by atoms with E-state index in [9.17, 15) is 4.79 Å². The number of nitrogens with zero attached hydrogens (tertiary/aromatic N) is 7. The van der Waals surface area contributed by atoms with Gasteiger partial charge in [0.15, 0.2) is 5.69 Å². The number of fused-ring (bicyclic) bond motifs is 1. The first kappa shape index (κ1) is 25.0. The largest absolute Gasteiger partial charge is 0.378 e. The van der Waals surface area contributed by atoms with E-state index in [0.29, 0.717) is 18.0 Å². The second-order valence-corrected chi connectivity index (χ2v) is 9.50. The molecule has 5 aromatic rings. The smallest absolute Gasteiger partial charge is 0.293 e. The summed E-state index contributed by atoms with van der Waals surface area (Å²) >= 11 is 0. The number of benzene rings is 3. The van der Waals surface area contributed by atoms with E-state index in [-0.39, 0.29) is 17.3 Å². The number of amides is 1. The number of rotatable bonds is 7. The lowest BCUT2D eigenvalue weighted by Gasteiger charge is -2.31. The second-order valence-electron chi connectivity index (χ2n) is 9.50. The van der Waals surface area contributed by atoms with E-state index in [1.165, 1.54) is 10.2 Å². The Labute approximate surface area is 230 Å². The summed E-state index contributed by atoms with van der Waals surface area (Å²) in [5.74, 6) is -0.281. The standard InChI is InChI=1S/C29H27N9O2/c1-19(20-13-15-22(16-14-20)21-8-3-2-4-9-21)31-33-29(39)26-25(38(36-32-26)28-27(30)34-40-35-28)18-37-17-7-11-23-10-5-6-12-24(23)37/h2-6,8-10,12-16H,7,11,17-18H2,1H3,(H2,30,34)(H,33,39)/b31-19-. The van der Waals surface area contributed by atoms with Crippen LogP contribution < -0.4 is 16.1 Å². The van der Waals surface area contributed by atoms with Crippen molar-refractivity contribution >= 4 is 23.1 Å². The molecule has 1 aliphatic rings. The number of aromatic nitrogens is 5. The molecule has 0 spiro atoms. The van der Waals surface area contributed by atoms with Crippen LogP contribution in [-0.2, 0) is 13.0 Å². The van der Waals surface area contributed by atoms with Gasteiger partial charge in [-0.1, -0.05) is 78.0 Å². The molecule has 0 fully saturated rings. The van der Waals surface area contributed by atoms with Gasteiger partial charge in [0.1, 0.15) is 0 Å². The van der Waals surface area contributed by atoms with E-state index in [1.807, 2.05) is 61.5 Å². The molecule has 2 aromatic heterocycles. The van der Waals surface area contributed by atoms with Crippen molar-refractivity contribution in [2.24, 2.45) is 5.10 Å². The number of para-hydroxylation sites is 1. The molecule has 1 amide bonds. The first-order valence-corrected chi connectivity index (χ1v) is 12.9. The fourth-order valence-electron chi connectivity index (χ4n) is 4.87. The van der Waals surface area contributed by atoms with E-state index >= 15 is 0 Å². The van der Waals surface area contributed by atoms with Crippen LogP contribution in [0.15, 0.2) is 88.6 Å². The summed E-state index contributed by atoms with van der Waals surface area (Å²) in [5, 5.41) is 20.2. The molecular weight excluding hydrogens is 506 g/mol. The van der Waals surface area contributed by atoms with Gasteiger partial charge in [0.2, 0.25) is 11.6 Å². The molecule has 3 aromatic carbocycles. The molecule has 40 heavy (non-hydrogen) atoms. The zero-order chi connectivity index (χ0) is 27.5. The van der Waals surface area contributed by atoms with Crippen LogP contribution in [-0.4, -0.2) is 43.5 Å². The Hall–Kier alpha value is -5.32. The molecule has 11 heteroatoms. The maximum absolute atomic E-state index is 13.4. The molecule has 6 rings (SSSR count). The van der Waals surface area contributed by atoms with Gasteiger partial charge in [-0.3, -0.25) is 4.79 Å². The summed E-state index contributed by atoms with van der Waals surface area (Å²) in [5.41, 5.74) is 15.3. The lowest BCUT2D eigenvalue weighted by Crippen LogP contribution is -2.31. The third kappa shape index (κ3) is 4.92. The van der Waals surface area contributed by atoms with Crippen molar-refractivity contribution in [3.63, 3.8) is 0 Å². The van der Waals surface area contributed by atoms with Gasteiger partial charge in [-0.15, -0.1) is 5.10 Å². The molecule has 3 heterocycles. The highest BCUT2D eigenvalue weighted by molar-refractivity contribution is 6.01. The molecule has 0 unspecified atom stereocenters. The normalized spacial score (nSPS) is 13.2. The van der Waals surface area contributed by atoms with Crippen molar-refractivity contribution in [2.75, 3.05) is 17.2 Å². The maximum atomic E-state index is 13.4. The molecule has 0 aliphatic carbocycles. The number of hydrazone groups is 1. The lowest BCUT2D eigenvalue weighted by molar-refractivity contribution is 0.0948. The zero-order valence-electron chi connectivity index (χ0n) is 21.9. The highest BCUT2D eigenvalue weighted by Gasteiger charge is 2.27. The SMILES string of the molecule is C/C(=N/NC(=O)c1nnn(-c2nonc2N)c1CN1CCCc2ccccc21)c1ccc(-c2ccccc2)cc1. The Kier molecular flexibility index (Phi) is 6.75. The van der Waals surface area contributed by atoms with Crippen molar-refractivity contribution in [1.29, 1.82) is 0 Å². The fourth-order valence-corrected chi connectivity index (χ4v) is 4.87. The van der Waals surface area contributed by atoms with E-state index in [2.05, 4.69) is 60.3 Å². The fraction of sp³-hybridized carbons (Fsp3) is 0.172. The quantitative estimate of drug-likeness (QED) is 0.236. The van der Waals surface area contributed by atoms with E-state index < -0.39 is 5.91 Å². The zero-order valence-corrected chi connectivity index (χ0v) is 21.9. The van der Waals surface area contributed by atoms with Crippen molar-refractivity contribution in [3.05, 3.63) is 101 Å². The van der Waals surface area contributed by atoms with Crippen LogP contribution in [0.3, 0.4) is 0 Å². The van der Waals surface area contributed by atoms with Gasteiger partial charge < -0.3 is 10.6 Å². The summed E-state index contributed by atoms with van der Waals surface area (Å²) in [6, 6.07) is 26.4. The van der Waals surface area contributed by atoms with Crippen molar-refractivity contribution < 1.29 is 9.42 Å². The molecular formula is C29H27N9O2. The number of aryl methyl sites for hydroxylation is 1. The molecule has 0 saturated heterocycles. The summed E-state index contributed by atoms with van der Waals surface area (Å²) in [4.78, 5) is 15.5. The minimum absolute atomic E-state index is 0.0463. The number of nitrogens with one attached hydrogen (secondary N) is 1. The Bertz CT molecular complexity index is 1670. The molecule has 200 valence electrons. The Morgan fingerprint density at radius 3 is 2.52 bits per heavy atom. The minimum atomic E-state index is -0.498. The first-order valence-electron chi connectivity index (χ1n) is 12.9. The summed E-state index contributed by atoms with van der Waals surface area (Å²) < 4.78 is 6.19. The van der Waals surface area contributed by atoms with E-state index in [1.54, 1.807) is 0 Å². The van der Waals surface area contributed by atoms with Crippen LogP contribution in [0.5, 0.6) is 0 Å². The summed E-state index contributed by atoms with van der Waals surface area (Å²) in [7, 11) is 0. The highest BCUT2D eigenvalue weighted by atomic mass is 16.6. The average Bonchev–Trinajstić information content (AvgIpc) is 3.62. The lowest BCUT2D eigenvalue weighted by atomic mass is 10.0. The van der Waals surface area contributed by atoms with E-state index in [4.69, 9.17) is 10.4 Å². The minimum Gasteiger partial charge on any atom is -0.378 e. The number of hydrogen-bond donors (Lipinski definition) is 2. The maximum Gasteiger partial charge on any atom is 0.293 e. The number of hydrogen-bond acceptors (Lipinski definition) is 9. The first-order chi connectivity index (χ1) is 19.6. The van der Waals surface area contributed by atoms with Crippen molar-refractivity contribution in [3.8, 4) is 16.9 Å². The van der Waals surface area contributed by atoms with Crippen LogP contribution in [0.4, 0.5) is 11.5 Å². The summed E-state index contributed by atoms with van der Waals surface area (Å²) in [6.45, 7) is 3.00. The number of nitrogens with two attached hydrogens (primary N) is 1. The topological polar surface area (TPSA) is 140 Å². The molecule has 11 nitrogen and oxygen atoms in total. The van der Waals surface area contributed by atoms with Crippen LogP contribution in [0.2, 0.25) is 0 Å². The van der Waals surface area contributed by atoms with Crippen LogP contribution >= 0.6 is 0 Å². The predicted molar refractivity (Wildman–Crippen MR) is 151 cm³/mol. The third-order valence-electron chi connectivity index (χ3n) is 6.96. The average molecular weight is 534 g/mol. The number of carbonyl (C=O) groups is 1. The molecule has 0 atom stereocenters. The van der Waals surface area contributed by atoms with E-state index in [0.717, 1.165) is 41.8 Å². The molecule has 0 saturated carbocycles. The summed E-state index contributed by atoms with van der Waals surface area (Å²) in [6.07, 6.45) is 1.98. The number of nitrogen functional groups attached to an aromatic ring is 1. The van der Waals surface area contributed by atoms with Gasteiger partial charge in [-0.05, 0) is 58.4 Å². The van der Waals surface area contributed by atoms with Crippen LogP contribution in [0.25, 0.3) is 16.9 Å². The number of anilines is 2. The molecule has 3 N–H and O–H groups in total. The van der Waals surface area contributed by atoms with Gasteiger partial charge in [0.05, 0.1) is 18.0 Å². The Morgan fingerprint density at radius 1 is 1.00 bits per heavy atom. The van der Waals surface area contributed by atoms with Crippen LogP contribution in [0, 0.1) is 0 Å². The molecule has 1 aliphatic heterocycles. The van der Waals surface area contributed by atoms with Crippen molar-refractivity contribution in [2.45, 2.75) is 26.3 Å². The van der Waals surface area contributed by atoms with Gasteiger partial charge in [0, 0.05) is 12.2 Å². The highest BCUT2D eigenvalue weighted by Crippen LogP contribution is 2.29. The van der Waals surface area contributed by atoms with Gasteiger partial charge in [-0.25, -0.2) is 10.1 Å². The van der Waals surface area contributed by atoms with Gasteiger partial charge >= 0.3 is 0 Å². The van der Waals surface area contributed by atoms with Gasteiger partial charge in [0.25, 0.3) is 5.91 Å². The van der Waals surface area contributed by atoms with Crippen molar-refractivity contribution in [1.82, 2.24) is 30.7 Å². The Balaban J connectivity index is 1.26. The third-order valence-corrected chi connectivity index (χ3v) is 6.96. The predicted octanol–water partition coefficient (Wildman–Crippen LogP) is 4.01. The van der Waals surface area contributed by atoms with Crippen LogP contribution in [0.1, 0.15) is 40.7 Å².